The third-order valence-electron chi connectivity index (χ3n) is 3.62. The molecule has 1 aliphatic rings. The summed E-state index contributed by atoms with van der Waals surface area (Å²) in [5.74, 6) is 0.818. The number of benzene rings is 1. The standard InChI is InChI=1S/C16H18N2OS/c1-2-18(10-12-8-9-12)16-17-15(14(11-19)20-16)13-6-4-3-5-7-13/h3-7,11-12H,2,8-10H2,1H3. The van der Waals surface area contributed by atoms with Gasteiger partial charge in [0, 0.05) is 18.7 Å². The fourth-order valence-corrected chi connectivity index (χ4v) is 3.27. The molecule has 0 aliphatic heterocycles. The van der Waals surface area contributed by atoms with Crippen LogP contribution in [0.1, 0.15) is 29.4 Å². The number of anilines is 1. The molecular weight excluding hydrogens is 268 g/mol. The molecule has 0 atom stereocenters. The van der Waals surface area contributed by atoms with Gasteiger partial charge in [-0.05, 0) is 25.7 Å². The number of carbonyl (C=O) groups is 1. The minimum atomic E-state index is 0.723. The van der Waals surface area contributed by atoms with Gasteiger partial charge < -0.3 is 4.90 Å². The summed E-state index contributed by atoms with van der Waals surface area (Å²) in [5.41, 5.74) is 1.83. The van der Waals surface area contributed by atoms with Crippen LogP contribution in [0, 0.1) is 5.92 Å². The maximum Gasteiger partial charge on any atom is 0.186 e. The second-order valence-electron chi connectivity index (χ2n) is 5.18. The lowest BCUT2D eigenvalue weighted by atomic mass is 10.1. The largest absolute Gasteiger partial charge is 0.348 e. The van der Waals surface area contributed by atoms with E-state index in [0.717, 1.165) is 46.6 Å². The lowest BCUT2D eigenvalue weighted by Gasteiger charge is -2.19. The zero-order chi connectivity index (χ0) is 13.9. The molecular formula is C16H18N2OS. The van der Waals surface area contributed by atoms with E-state index in [9.17, 15) is 4.79 Å². The Kier molecular flexibility index (Phi) is 3.83. The molecule has 20 heavy (non-hydrogen) atoms. The Balaban J connectivity index is 1.93. The maximum absolute atomic E-state index is 11.3. The van der Waals surface area contributed by atoms with Gasteiger partial charge in [0.05, 0.1) is 10.6 Å². The normalized spacial score (nSPS) is 14.2. The van der Waals surface area contributed by atoms with Crippen molar-refractivity contribution in [3.63, 3.8) is 0 Å². The van der Waals surface area contributed by atoms with E-state index >= 15 is 0 Å². The molecule has 1 heterocycles. The molecule has 2 aromatic rings. The van der Waals surface area contributed by atoms with Crippen LogP contribution < -0.4 is 4.90 Å². The van der Waals surface area contributed by atoms with E-state index in [1.807, 2.05) is 30.3 Å². The van der Waals surface area contributed by atoms with E-state index in [0.29, 0.717) is 0 Å². The zero-order valence-electron chi connectivity index (χ0n) is 11.6. The topological polar surface area (TPSA) is 33.2 Å². The number of thiazole rings is 1. The third kappa shape index (κ3) is 2.75. The van der Waals surface area contributed by atoms with Crippen LogP contribution in [0.5, 0.6) is 0 Å². The number of hydrogen-bond acceptors (Lipinski definition) is 4. The molecule has 1 aromatic carbocycles. The summed E-state index contributed by atoms with van der Waals surface area (Å²) < 4.78 is 0. The minimum absolute atomic E-state index is 0.723. The predicted octanol–water partition coefficient (Wildman–Crippen LogP) is 3.86. The van der Waals surface area contributed by atoms with Crippen molar-refractivity contribution in [2.45, 2.75) is 19.8 Å². The summed E-state index contributed by atoms with van der Waals surface area (Å²) >= 11 is 1.50. The molecule has 0 spiro atoms. The quantitative estimate of drug-likeness (QED) is 0.756. The lowest BCUT2D eigenvalue weighted by molar-refractivity contribution is 0.112. The van der Waals surface area contributed by atoms with Crippen LogP contribution in [-0.2, 0) is 0 Å². The van der Waals surface area contributed by atoms with E-state index < -0.39 is 0 Å². The molecule has 1 aromatic heterocycles. The first-order valence-corrected chi connectivity index (χ1v) is 7.89. The first-order valence-electron chi connectivity index (χ1n) is 7.08. The van der Waals surface area contributed by atoms with Gasteiger partial charge in [-0.2, -0.15) is 0 Å². The molecule has 3 nitrogen and oxygen atoms in total. The number of aromatic nitrogens is 1. The summed E-state index contributed by atoms with van der Waals surface area (Å²) in [6, 6.07) is 9.93. The predicted molar refractivity (Wildman–Crippen MR) is 83.5 cm³/mol. The monoisotopic (exact) mass is 286 g/mol. The van der Waals surface area contributed by atoms with E-state index in [2.05, 4.69) is 11.8 Å². The van der Waals surface area contributed by atoms with Crippen molar-refractivity contribution in [3.05, 3.63) is 35.2 Å². The highest BCUT2D eigenvalue weighted by atomic mass is 32.1. The average Bonchev–Trinajstić information content (AvgIpc) is 3.22. The van der Waals surface area contributed by atoms with Crippen LogP contribution in [0.2, 0.25) is 0 Å². The first kappa shape index (κ1) is 13.3. The maximum atomic E-state index is 11.3. The first-order chi connectivity index (χ1) is 9.81. The molecule has 1 saturated carbocycles. The van der Waals surface area contributed by atoms with Crippen molar-refractivity contribution in [2.24, 2.45) is 5.92 Å². The van der Waals surface area contributed by atoms with Crippen molar-refractivity contribution in [1.82, 2.24) is 4.98 Å². The van der Waals surface area contributed by atoms with Crippen LogP contribution in [0.4, 0.5) is 5.13 Å². The molecule has 0 N–H and O–H groups in total. The molecule has 0 amide bonds. The minimum Gasteiger partial charge on any atom is -0.348 e. The van der Waals surface area contributed by atoms with Crippen molar-refractivity contribution < 1.29 is 4.79 Å². The zero-order valence-corrected chi connectivity index (χ0v) is 12.4. The highest BCUT2D eigenvalue weighted by Gasteiger charge is 2.25. The second kappa shape index (κ2) is 5.75. The fourth-order valence-electron chi connectivity index (χ4n) is 2.29. The molecule has 1 fully saturated rings. The van der Waals surface area contributed by atoms with Crippen LogP contribution in [0.15, 0.2) is 30.3 Å². The number of nitrogens with zero attached hydrogens (tertiary/aromatic N) is 2. The number of carbonyl (C=O) groups excluding carboxylic acids is 1. The van der Waals surface area contributed by atoms with Crippen LogP contribution >= 0.6 is 11.3 Å². The Labute approximate surface area is 123 Å². The summed E-state index contributed by atoms with van der Waals surface area (Å²) in [4.78, 5) is 19.0. The number of hydrogen-bond donors (Lipinski definition) is 0. The Morgan fingerprint density at radius 2 is 2.10 bits per heavy atom. The average molecular weight is 286 g/mol. The van der Waals surface area contributed by atoms with E-state index in [-0.39, 0.29) is 0 Å². The molecule has 0 radical (unpaired) electrons. The van der Waals surface area contributed by atoms with Crippen LogP contribution in [-0.4, -0.2) is 24.4 Å². The SMILES string of the molecule is CCN(CC1CC1)c1nc(-c2ccccc2)c(C=O)s1. The van der Waals surface area contributed by atoms with Gasteiger partial charge >= 0.3 is 0 Å². The second-order valence-corrected chi connectivity index (χ2v) is 6.18. The molecule has 3 rings (SSSR count). The molecule has 4 heteroatoms. The van der Waals surface area contributed by atoms with Gasteiger partial charge in [0.1, 0.15) is 0 Å². The molecule has 1 aliphatic carbocycles. The summed E-state index contributed by atoms with van der Waals surface area (Å²) in [7, 11) is 0. The number of rotatable bonds is 6. The molecule has 0 bridgehead atoms. The Hall–Kier alpha value is -1.68. The van der Waals surface area contributed by atoms with Gasteiger partial charge in [0.25, 0.3) is 0 Å². The van der Waals surface area contributed by atoms with Crippen molar-refractivity contribution in [3.8, 4) is 11.3 Å². The van der Waals surface area contributed by atoms with Gasteiger partial charge in [0.2, 0.25) is 0 Å². The Bertz CT molecular complexity index is 590. The summed E-state index contributed by atoms with van der Waals surface area (Å²) in [6.45, 7) is 4.15. The van der Waals surface area contributed by atoms with Crippen molar-refractivity contribution in [1.29, 1.82) is 0 Å². The highest BCUT2D eigenvalue weighted by molar-refractivity contribution is 7.17. The highest BCUT2D eigenvalue weighted by Crippen LogP contribution is 2.35. The smallest absolute Gasteiger partial charge is 0.186 e. The molecule has 104 valence electrons. The summed E-state index contributed by atoms with van der Waals surface area (Å²) in [6.07, 6.45) is 3.58. The van der Waals surface area contributed by atoms with Gasteiger partial charge in [0.15, 0.2) is 11.4 Å². The lowest BCUT2D eigenvalue weighted by Crippen LogP contribution is -2.24. The molecule has 0 unspecified atom stereocenters. The van der Waals surface area contributed by atoms with Crippen LogP contribution in [0.3, 0.4) is 0 Å². The Morgan fingerprint density at radius 3 is 2.70 bits per heavy atom. The van der Waals surface area contributed by atoms with Crippen LogP contribution in [0.25, 0.3) is 11.3 Å². The molecule has 0 saturated heterocycles. The van der Waals surface area contributed by atoms with E-state index in [1.54, 1.807) is 0 Å². The van der Waals surface area contributed by atoms with Crippen molar-refractivity contribution >= 4 is 22.8 Å². The van der Waals surface area contributed by atoms with Gasteiger partial charge in [-0.15, -0.1) is 0 Å². The van der Waals surface area contributed by atoms with Gasteiger partial charge in [-0.25, -0.2) is 4.98 Å². The Morgan fingerprint density at radius 1 is 1.35 bits per heavy atom. The van der Waals surface area contributed by atoms with E-state index in [1.165, 1.54) is 24.2 Å². The van der Waals surface area contributed by atoms with Crippen molar-refractivity contribution in [2.75, 3.05) is 18.0 Å². The summed E-state index contributed by atoms with van der Waals surface area (Å²) in [5, 5.41) is 0.973. The third-order valence-corrected chi connectivity index (χ3v) is 4.67. The van der Waals surface area contributed by atoms with Gasteiger partial charge in [-0.3, -0.25) is 4.79 Å². The number of aldehydes is 1. The van der Waals surface area contributed by atoms with E-state index in [4.69, 9.17) is 4.98 Å². The fraction of sp³-hybridized carbons (Fsp3) is 0.375. The van der Waals surface area contributed by atoms with Gasteiger partial charge in [-0.1, -0.05) is 41.7 Å².